The number of nitrogens with zero attached hydrogens (tertiary/aromatic N) is 10. The first-order chi connectivity index (χ1) is 61.4. The maximum atomic E-state index is 12.9. The Morgan fingerprint density at radius 3 is 0.856 bits per heavy atom. The third kappa shape index (κ3) is 20.9. The molecule has 18 N–H and O–H groups in total. The van der Waals surface area contributed by atoms with Gasteiger partial charge in [-0.25, -0.2) is 14.4 Å². The maximum Gasteiger partial charge on any atom is 0.329 e. The van der Waals surface area contributed by atoms with Gasteiger partial charge in [-0.2, -0.15) is 0 Å². The standard InChI is InChI=1S/C23H34N2O6.C23H34N2O4.3C17H24N2O5/c1-21(2)11-12-24-18-14(21)7-6-8-15(18)25(20(29)19(24)28)13-17(27)23(5,31)10-9-16(26)22(3,4)30;1-15(9-10-18(26)23(4,5)29)11-13-24-17-8-6-7-16-19(17)25(21(28)20(24)27)14-12-22(16,2)3;3*1-17(2)6-7-18-14-10(17)4-3-5-11(14)19(16(18)24)8-12(21)15(23)13(22)9-20/h6-8,16-17,26-27,30-31H,9-13H2,1-5H3;6-8,15,18,26,29H,9-14H2,1-5H3;3*3-5,12-13,15,20-23H,6-9H2,1-2H3/t;15-,18?;12-,13+,15+;2*12-,13+,15-/m.1000/s1. The van der Waals surface area contributed by atoms with E-state index in [2.05, 4.69) is 82.2 Å². The zero-order valence-corrected chi connectivity index (χ0v) is 78.8. The summed E-state index contributed by atoms with van der Waals surface area (Å²) < 4.78 is 15.4. The zero-order valence-electron chi connectivity index (χ0n) is 78.8. The predicted molar refractivity (Wildman–Crippen MR) is 501 cm³/mol. The van der Waals surface area contributed by atoms with Crippen molar-refractivity contribution in [3.63, 3.8) is 0 Å². The van der Waals surface area contributed by atoms with Crippen molar-refractivity contribution in [1.29, 1.82) is 0 Å². The molecule has 0 aliphatic carbocycles. The van der Waals surface area contributed by atoms with Crippen LogP contribution in [0.5, 0.6) is 0 Å². The molecule has 14 atom stereocenters. The van der Waals surface area contributed by atoms with Crippen LogP contribution in [-0.2, 0) is 92.5 Å². The lowest BCUT2D eigenvalue weighted by Gasteiger charge is -2.35. The molecule has 0 bridgehead atoms. The van der Waals surface area contributed by atoms with Crippen molar-refractivity contribution in [2.45, 2.75) is 358 Å². The minimum atomic E-state index is -1.64. The highest BCUT2D eigenvalue weighted by molar-refractivity contribution is 5.85. The molecule has 0 fully saturated rings. The van der Waals surface area contributed by atoms with E-state index in [1.54, 1.807) is 42.7 Å². The van der Waals surface area contributed by atoms with Gasteiger partial charge in [0.05, 0.1) is 130 Å². The van der Waals surface area contributed by atoms with Crippen molar-refractivity contribution in [2.75, 3.05) is 19.8 Å². The van der Waals surface area contributed by atoms with Crippen molar-refractivity contribution in [2.24, 2.45) is 5.92 Å². The van der Waals surface area contributed by atoms with Gasteiger partial charge in [-0.15, -0.1) is 0 Å². The van der Waals surface area contributed by atoms with Crippen molar-refractivity contribution in [3.05, 3.63) is 192 Å². The van der Waals surface area contributed by atoms with Crippen LogP contribution in [0, 0.1) is 5.92 Å². The van der Waals surface area contributed by atoms with E-state index < -0.39 is 132 Å². The van der Waals surface area contributed by atoms with Crippen molar-refractivity contribution in [1.82, 2.24) is 45.7 Å². The molecule has 10 aromatic rings. The molecular formula is C97H140N10O25. The van der Waals surface area contributed by atoms with Gasteiger partial charge in [0.15, 0.2) is 0 Å². The molecule has 5 aromatic heterocycles. The summed E-state index contributed by atoms with van der Waals surface area (Å²) in [5.41, 5.74) is 5.61. The predicted octanol–water partition coefficient (Wildman–Crippen LogP) is 2.33. The zero-order chi connectivity index (χ0) is 97.9. The fourth-order valence-corrected chi connectivity index (χ4v) is 19.0. The second kappa shape index (κ2) is 39.8. The van der Waals surface area contributed by atoms with Crippen LogP contribution < -0.4 is 39.3 Å². The van der Waals surface area contributed by atoms with E-state index in [-0.39, 0.29) is 89.1 Å². The van der Waals surface area contributed by atoms with E-state index in [1.165, 1.54) is 43.6 Å². The smallest absolute Gasteiger partial charge is 0.329 e. The molecule has 0 spiro atoms. The molecule has 132 heavy (non-hydrogen) atoms. The summed E-state index contributed by atoms with van der Waals surface area (Å²) in [6.07, 6.45) is -10.1. The molecule has 5 aliphatic rings. The van der Waals surface area contributed by atoms with Crippen LogP contribution in [0.2, 0.25) is 0 Å². The van der Waals surface area contributed by atoms with Crippen LogP contribution in [0.3, 0.4) is 0 Å². The molecule has 5 aliphatic heterocycles. The Morgan fingerprint density at radius 1 is 0.311 bits per heavy atom. The molecular weight excluding hydrogens is 1710 g/mol. The minimum absolute atomic E-state index is 0.00134. The van der Waals surface area contributed by atoms with Gasteiger partial charge in [-0.05, 0) is 190 Å². The second-order valence-electron chi connectivity index (χ2n) is 41.6. The topological polar surface area (TPSA) is 533 Å². The Bertz CT molecular complexity index is 5930. The molecule has 0 saturated carbocycles. The first kappa shape index (κ1) is 104. The van der Waals surface area contributed by atoms with Crippen LogP contribution in [0.25, 0.3) is 55.2 Å². The van der Waals surface area contributed by atoms with E-state index in [0.29, 0.717) is 73.3 Å². The first-order valence-electron chi connectivity index (χ1n) is 45.8. The van der Waals surface area contributed by atoms with E-state index in [1.807, 2.05) is 78.9 Å². The highest BCUT2D eigenvalue weighted by atomic mass is 16.4. The Kier molecular flexibility index (Phi) is 31.2. The molecule has 0 radical (unpaired) electrons. The average molecular weight is 1850 g/mol. The van der Waals surface area contributed by atoms with Gasteiger partial charge in [0, 0.05) is 39.3 Å². The number of imidazole rings is 3. The fourth-order valence-electron chi connectivity index (χ4n) is 19.0. The Morgan fingerprint density at radius 2 is 0.568 bits per heavy atom. The summed E-state index contributed by atoms with van der Waals surface area (Å²) in [7, 11) is 0. The minimum Gasteiger partial charge on any atom is -0.394 e. The molecule has 4 unspecified atom stereocenters. The van der Waals surface area contributed by atoms with Gasteiger partial charge in [0.2, 0.25) is 0 Å². The quantitative estimate of drug-likeness (QED) is 0.0299. The lowest BCUT2D eigenvalue weighted by molar-refractivity contribution is -0.0968. The van der Waals surface area contributed by atoms with Gasteiger partial charge in [-0.1, -0.05) is 137 Å². The maximum absolute atomic E-state index is 12.9. The first-order valence-corrected chi connectivity index (χ1v) is 45.8. The molecule has 35 nitrogen and oxygen atoms in total. The Balaban J connectivity index is 0.000000160. The molecule has 15 rings (SSSR count). The fraction of sp³-hybridized carbons (Fsp3) is 0.619. The SMILES string of the molecule is CC1(C)CCn2c(=O)c(=O)n(CC(O)C(C)(O)CCC(O)C(C)(C)O)c3cccc1c32.CC1(C)CCn2c(=O)n(C[C@H](O)[C@@H](O)[C@H](O)CO)c3cccc1c32.CC1(C)CCn2c(=O)n(C[C@H](O)[C@H](O)[C@H](O)CO)c3cccc1c32.CC1(C)CCn2c(=O)n(C[C@H](O)[C@H](O)[C@H](O)CO)c3cccc1c32.C[C@H](CCC(O)C(C)(C)O)CCn1c(=O)c(=O)n2c3c(cccc31)C(C)(C)CC2. The number of hydrogen-bond donors (Lipinski definition) is 18. The summed E-state index contributed by atoms with van der Waals surface area (Å²) in [5, 5.41) is 176. The van der Waals surface area contributed by atoms with E-state index in [9.17, 15) is 110 Å². The number of aryl methyl sites for hydroxylation is 6. The summed E-state index contributed by atoms with van der Waals surface area (Å²) in [4.78, 5) is 89.5. The van der Waals surface area contributed by atoms with E-state index >= 15 is 0 Å². The highest BCUT2D eigenvalue weighted by Gasteiger charge is 2.41. The summed E-state index contributed by atoms with van der Waals surface area (Å²) in [5.74, 6) is 0.254. The van der Waals surface area contributed by atoms with Crippen LogP contribution in [0.15, 0.2) is 125 Å². The second-order valence-corrected chi connectivity index (χ2v) is 41.6. The number of rotatable bonds is 29. The number of aliphatic hydroxyl groups is 18. The molecule has 35 heteroatoms. The van der Waals surface area contributed by atoms with Gasteiger partial charge in [-0.3, -0.25) is 51.1 Å². The molecule has 10 heterocycles. The monoisotopic (exact) mass is 1840 g/mol. The average Bonchev–Trinajstić information content (AvgIpc) is 1.72. The summed E-state index contributed by atoms with van der Waals surface area (Å²) >= 11 is 0. The van der Waals surface area contributed by atoms with Crippen LogP contribution in [-0.4, -0.2) is 247 Å². The van der Waals surface area contributed by atoms with Gasteiger partial charge in [0.1, 0.15) is 61.0 Å². The van der Waals surface area contributed by atoms with Crippen LogP contribution in [0.4, 0.5) is 0 Å². The largest absolute Gasteiger partial charge is 0.394 e. The van der Waals surface area contributed by atoms with Crippen LogP contribution in [0.1, 0.15) is 203 Å². The number of hydrogen-bond acceptors (Lipinski definition) is 25. The van der Waals surface area contributed by atoms with Gasteiger partial charge < -0.3 is 106 Å². The lowest BCUT2D eigenvalue weighted by Crippen LogP contribution is -2.49. The number of aromatic nitrogens is 10. The molecule has 0 amide bonds. The van der Waals surface area contributed by atoms with E-state index in [0.717, 1.165) is 100 Å². The highest BCUT2D eigenvalue weighted by Crippen LogP contribution is 2.43. The third-order valence-electron chi connectivity index (χ3n) is 28.5. The van der Waals surface area contributed by atoms with Crippen molar-refractivity contribution in [3.8, 4) is 0 Å². The molecule has 0 saturated heterocycles. The Hall–Kier alpha value is -8.93. The summed E-state index contributed by atoms with van der Waals surface area (Å²) in [6, 6.07) is 28.7. The van der Waals surface area contributed by atoms with Crippen molar-refractivity contribution < 1.29 is 91.9 Å². The Labute approximate surface area is 764 Å². The lowest BCUT2D eigenvalue weighted by atomic mass is 9.78. The van der Waals surface area contributed by atoms with Crippen LogP contribution >= 0.6 is 0 Å². The van der Waals surface area contributed by atoms with Gasteiger partial charge in [0.25, 0.3) is 0 Å². The number of para-hydroxylation sites is 5. The number of aliphatic hydroxyl groups excluding tert-OH is 15. The molecule has 5 aromatic carbocycles. The molecule has 728 valence electrons. The summed E-state index contributed by atoms with van der Waals surface area (Å²) in [6.45, 7) is 31.6. The van der Waals surface area contributed by atoms with Crippen molar-refractivity contribution >= 4 is 55.2 Å². The van der Waals surface area contributed by atoms with E-state index in [4.69, 9.17) is 15.3 Å². The third-order valence-corrected chi connectivity index (χ3v) is 28.5. The normalized spacial score (nSPS) is 19.6. The van der Waals surface area contributed by atoms with Gasteiger partial charge >= 0.3 is 39.3 Å². The number of benzene rings is 5.